The first kappa shape index (κ1) is 18.3. The fraction of sp³-hybridized carbons (Fsp3) is 0.611. The molecule has 5 heteroatoms. The molecule has 0 unspecified atom stereocenters. The number of likely N-dealkylation sites (tertiary alicyclic amines) is 1. The van der Waals surface area contributed by atoms with Crippen molar-refractivity contribution in [2.45, 2.75) is 57.6 Å². The molecule has 0 bridgehead atoms. The molecule has 1 amide bonds. The smallest absolute Gasteiger partial charge is 0.410 e. The quantitative estimate of drug-likeness (QED) is 0.845. The SMILES string of the molecule is CC(C)(C)OC(=O)N1CCCC[C@@H]1[C@H](CO)c1ccc(Br)cc1. The maximum atomic E-state index is 12.5. The van der Waals surface area contributed by atoms with Crippen molar-refractivity contribution >= 4 is 22.0 Å². The zero-order valence-corrected chi connectivity index (χ0v) is 15.7. The van der Waals surface area contributed by atoms with E-state index in [1.54, 1.807) is 4.90 Å². The van der Waals surface area contributed by atoms with Crippen LogP contribution >= 0.6 is 15.9 Å². The van der Waals surface area contributed by atoms with E-state index in [9.17, 15) is 9.90 Å². The van der Waals surface area contributed by atoms with Gasteiger partial charge in [0, 0.05) is 23.0 Å². The van der Waals surface area contributed by atoms with Crippen molar-refractivity contribution in [2.75, 3.05) is 13.2 Å². The molecule has 23 heavy (non-hydrogen) atoms. The van der Waals surface area contributed by atoms with Gasteiger partial charge in [-0.15, -0.1) is 0 Å². The molecule has 1 aromatic carbocycles. The summed E-state index contributed by atoms with van der Waals surface area (Å²) < 4.78 is 6.56. The number of aliphatic hydroxyl groups is 1. The predicted octanol–water partition coefficient (Wildman–Crippen LogP) is 4.31. The highest BCUT2D eigenvalue weighted by molar-refractivity contribution is 9.10. The minimum Gasteiger partial charge on any atom is -0.444 e. The van der Waals surface area contributed by atoms with Crippen LogP contribution in [0.5, 0.6) is 0 Å². The topological polar surface area (TPSA) is 49.8 Å². The Bertz CT molecular complexity index is 524. The van der Waals surface area contributed by atoms with E-state index >= 15 is 0 Å². The van der Waals surface area contributed by atoms with E-state index in [1.807, 2.05) is 45.0 Å². The maximum absolute atomic E-state index is 12.5. The van der Waals surface area contributed by atoms with E-state index in [0.717, 1.165) is 29.3 Å². The zero-order valence-electron chi connectivity index (χ0n) is 14.1. The van der Waals surface area contributed by atoms with Gasteiger partial charge in [0.25, 0.3) is 0 Å². The van der Waals surface area contributed by atoms with Gasteiger partial charge in [-0.2, -0.15) is 0 Å². The summed E-state index contributed by atoms with van der Waals surface area (Å²) in [6, 6.07) is 7.93. The van der Waals surface area contributed by atoms with Crippen molar-refractivity contribution in [1.29, 1.82) is 0 Å². The minimum atomic E-state index is -0.509. The standard InChI is InChI=1S/C18H26BrNO3/c1-18(2,3)23-17(22)20-11-5-4-6-16(20)15(12-21)13-7-9-14(19)10-8-13/h7-10,15-16,21H,4-6,11-12H2,1-3H3/t15-,16-/m1/s1. The highest BCUT2D eigenvalue weighted by Gasteiger charge is 2.35. The van der Waals surface area contributed by atoms with Crippen LogP contribution in [0.25, 0.3) is 0 Å². The Labute approximate surface area is 147 Å². The first-order chi connectivity index (χ1) is 10.8. The van der Waals surface area contributed by atoms with Crippen LogP contribution in [0.15, 0.2) is 28.7 Å². The molecule has 4 nitrogen and oxygen atoms in total. The summed E-state index contributed by atoms with van der Waals surface area (Å²) in [5, 5.41) is 9.94. The van der Waals surface area contributed by atoms with Crippen molar-refractivity contribution < 1.29 is 14.6 Å². The van der Waals surface area contributed by atoms with Crippen molar-refractivity contribution in [2.24, 2.45) is 0 Å². The normalized spacial score (nSPS) is 20.2. The lowest BCUT2D eigenvalue weighted by Gasteiger charge is -2.40. The first-order valence-electron chi connectivity index (χ1n) is 8.18. The molecule has 0 aromatic heterocycles. The largest absolute Gasteiger partial charge is 0.444 e. The van der Waals surface area contributed by atoms with Gasteiger partial charge in [-0.05, 0) is 57.7 Å². The van der Waals surface area contributed by atoms with E-state index in [0.29, 0.717) is 6.54 Å². The van der Waals surface area contributed by atoms with Gasteiger partial charge in [0.1, 0.15) is 5.60 Å². The van der Waals surface area contributed by atoms with Gasteiger partial charge in [-0.1, -0.05) is 28.1 Å². The molecule has 1 aliphatic heterocycles. The molecule has 1 aromatic rings. The van der Waals surface area contributed by atoms with E-state index < -0.39 is 5.60 Å². The van der Waals surface area contributed by atoms with Crippen molar-refractivity contribution in [3.8, 4) is 0 Å². The molecule has 0 aliphatic carbocycles. The molecule has 2 rings (SSSR count). The second-order valence-electron chi connectivity index (χ2n) is 7.08. The molecule has 1 aliphatic rings. The Kier molecular flexibility index (Phi) is 6.09. The number of aliphatic hydroxyl groups excluding tert-OH is 1. The lowest BCUT2D eigenvalue weighted by atomic mass is 9.86. The summed E-state index contributed by atoms with van der Waals surface area (Å²) in [6.07, 6.45) is 2.66. The number of carbonyl (C=O) groups is 1. The van der Waals surface area contributed by atoms with Crippen LogP contribution in [0.2, 0.25) is 0 Å². The molecule has 0 radical (unpaired) electrons. The summed E-state index contributed by atoms with van der Waals surface area (Å²) in [7, 11) is 0. The van der Waals surface area contributed by atoms with Gasteiger partial charge in [0.15, 0.2) is 0 Å². The third-order valence-electron chi connectivity index (χ3n) is 4.14. The second kappa shape index (κ2) is 7.67. The molecular formula is C18H26BrNO3. The number of hydrogen-bond donors (Lipinski definition) is 1. The van der Waals surface area contributed by atoms with Crippen LogP contribution in [0.4, 0.5) is 4.79 Å². The lowest BCUT2D eigenvalue weighted by Crippen LogP contribution is -2.49. The predicted molar refractivity (Wildman–Crippen MR) is 94.5 cm³/mol. The number of amides is 1. The van der Waals surface area contributed by atoms with Crippen LogP contribution < -0.4 is 0 Å². The number of nitrogens with zero attached hydrogens (tertiary/aromatic N) is 1. The van der Waals surface area contributed by atoms with E-state index in [2.05, 4.69) is 15.9 Å². The summed E-state index contributed by atoms with van der Waals surface area (Å²) in [5.41, 5.74) is 0.543. The number of hydrogen-bond acceptors (Lipinski definition) is 3. The number of ether oxygens (including phenoxy) is 1. The molecule has 0 saturated carbocycles. The summed E-state index contributed by atoms with van der Waals surface area (Å²) in [6.45, 7) is 6.34. The van der Waals surface area contributed by atoms with E-state index in [1.165, 1.54) is 0 Å². The lowest BCUT2D eigenvalue weighted by molar-refractivity contribution is 0.00347. The van der Waals surface area contributed by atoms with Gasteiger partial charge in [-0.3, -0.25) is 0 Å². The van der Waals surface area contributed by atoms with Gasteiger partial charge < -0.3 is 14.7 Å². The van der Waals surface area contributed by atoms with Gasteiger partial charge >= 0.3 is 6.09 Å². The Morgan fingerprint density at radius 1 is 1.35 bits per heavy atom. The summed E-state index contributed by atoms with van der Waals surface area (Å²) in [5.74, 6) is -0.0871. The summed E-state index contributed by atoms with van der Waals surface area (Å²) >= 11 is 3.43. The van der Waals surface area contributed by atoms with Crippen molar-refractivity contribution in [3.05, 3.63) is 34.3 Å². The third-order valence-corrected chi connectivity index (χ3v) is 4.67. The second-order valence-corrected chi connectivity index (χ2v) is 7.99. The average molecular weight is 384 g/mol. The Hall–Kier alpha value is -1.07. The van der Waals surface area contributed by atoms with Crippen LogP contribution in [-0.4, -0.2) is 40.9 Å². The van der Waals surface area contributed by atoms with Crippen LogP contribution in [0, 0.1) is 0 Å². The highest BCUT2D eigenvalue weighted by atomic mass is 79.9. The molecule has 1 heterocycles. The molecule has 1 fully saturated rings. The van der Waals surface area contributed by atoms with E-state index in [-0.39, 0.29) is 24.7 Å². The maximum Gasteiger partial charge on any atom is 0.410 e. The van der Waals surface area contributed by atoms with Crippen molar-refractivity contribution in [1.82, 2.24) is 4.90 Å². The zero-order chi connectivity index (χ0) is 17.0. The number of rotatable bonds is 3. The Morgan fingerprint density at radius 3 is 2.57 bits per heavy atom. The highest BCUT2D eigenvalue weighted by Crippen LogP contribution is 2.32. The van der Waals surface area contributed by atoms with Crippen LogP contribution in [0.1, 0.15) is 51.5 Å². The van der Waals surface area contributed by atoms with Gasteiger partial charge in [0.05, 0.1) is 6.61 Å². The van der Waals surface area contributed by atoms with Gasteiger partial charge in [0.2, 0.25) is 0 Å². The molecule has 2 atom stereocenters. The number of piperidine rings is 1. The molecule has 1 saturated heterocycles. The fourth-order valence-electron chi connectivity index (χ4n) is 3.08. The molecular weight excluding hydrogens is 358 g/mol. The molecule has 0 spiro atoms. The number of halogens is 1. The monoisotopic (exact) mass is 383 g/mol. The first-order valence-corrected chi connectivity index (χ1v) is 8.97. The fourth-order valence-corrected chi connectivity index (χ4v) is 3.35. The number of carbonyl (C=O) groups excluding carboxylic acids is 1. The number of benzene rings is 1. The van der Waals surface area contributed by atoms with Crippen molar-refractivity contribution in [3.63, 3.8) is 0 Å². The average Bonchev–Trinajstić information content (AvgIpc) is 2.48. The third kappa shape index (κ3) is 4.95. The minimum absolute atomic E-state index is 0.0194. The van der Waals surface area contributed by atoms with Gasteiger partial charge in [-0.25, -0.2) is 4.79 Å². The molecule has 1 N–H and O–H groups in total. The van der Waals surface area contributed by atoms with Crippen LogP contribution in [-0.2, 0) is 4.74 Å². The Balaban J connectivity index is 2.21. The molecule has 128 valence electrons. The van der Waals surface area contributed by atoms with E-state index in [4.69, 9.17) is 4.74 Å². The van der Waals surface area contributed by atoms with Crippen LogP contribution in [0.3, 0.4) is 0 Å². The summed E-state index contributed by atoms with van der Waals surface area (Å²) in [4.78, 5) is 14.3. The Morgan fingerprint density at radius 2 is 2.00 bits per heavy atom.